The van der Waals surface area contributed by atoms with Crippen molar-refractivity contribution in [2.75, 3.05) is 12.4 Å². The van der Waals surface area contributed by atoms with Gasteiger partial charge in [-0.15, -0.1) is 0 Å². The molecule has 2 N–H and O–H groups in total. The Hall–Kier alpha value is -2.76. The number of carbonyl (C=O) groups is 1. The van der Waals surface area contributed by atoms with E-state index in [-0.39, 0.29) is 18.0 Å². The number of methoxy groups -OCH3 is 1. The number of aromatic nitrogens is 1. The van der Waals surface area contributed by atoms with Gasteiger partial charge in [0, 0.05) is 11.7 Å². The van der Waals surface area contributed by atoms with Gasteiger partial charge < -0.3 is 15.4 Å². The van der Waals surface area contributed by atoms with Gasteiger partial charge in [-0.25, -0.2) is 9.98 Å². The van der Waals surface area contributed by atoms with E-state index in [4.69, 9.17) is 4.74 Å². The Morgan fingerprint density at radius 2 is 1.96 bits per heavy atom. The third kappa shape index (κ3) is 4.41. The van der Waals surface area contributed by atoms with E-state index in [1.807, 2.05) is 30.3 Å². The molecule has 1 aromatic heterocycles. The number of rotatable bonds is 6. The summed E-state index contributed by atoms with van der Waals surface area (Å²) in [5.74, 6) is 0.621. The molecule has 1 saturated carbocycles. The predicted octanol–water partition coefficient (Wildman–Crippen LogP) is 3.20. The molecule has 1 heterocycles. The fraction of sp³-hybridized carbons (Fsp3) is 0.278. The number of isothiocyanates is 1. The highest BCUT2D eigenvalue weighted by atomic mass is 32.1. The summed E-state index contributed by atoms with van der Waals surface area (Å²) in [6.45, 7) is 0. The first kappa shape index (κ1) is 17.1. The zero-order valence-electron chi connectivity index (χ0n) is 13.7. The molecule has 0 radical (unpaired) electrons. The maximum Gasteiger partial charge on any atom is 0.270 e. The molecule has 128 valence electrons. The minimum atomic E-state index is -0.175. The van der Waals surface area contributed by atoms with Crippen LogP contribution in [0.2, 0.25) is 0 Å². The number of anilines is 2. The monoisotopic (exact) mass is 354 g/mol. The van der Waals surface area contributed by atoms with Gasteiger partial charge in [0.15, 0.2) is 0 Å². The summed E-state index contributed by atoms with van der Waals surface area (Å²) in [6.07, 6.45) is 3.23. The van der Waals surface area contributed by atoms with Crippen molar-refractivity contribution >= 4 is 34.7 Å². The van der Waals surface area contributed by atoms with Crippen molar-refractivity contribution in [3.05, 3.63) is 48.3 Å². The molecule has 0 unspecified atom stereocenters. The molecule has 0 aliphatic heterocycles. The van der Waals surface area contributed by atoms with Crippen molar-refractivity contribution < 1.29 is 9.53 Å². The molecule has 1 aromatic carbocycles. The van der Waals surface area contributed by atoms with Crippen molar-refractivity contribution in [3.8, 4) is 5.75 Å². The molecule has 2 aromatic rings. The standard InChI is InChI=1S/C18H18N4O2S/c1-24-16-5-2-12(3-6-16)21-13-4-7-17(19-10-13)18(23)22-15-8-14(9-15)20-11-25/h2-7,10,14-15,21H,8-9H2,1H3,(H,22,23). The van der Waals surface area contributed by atoms with Crippen molar-refractivity contribution in [2.45, 2.75) is 24.9 Å². The number of pyridine rings is 1. The van der Waals surface area contributed by atoms with Gasteiger partial charge in [0.05, 0.1) is 30.2 Å². The average Bonchev–Trinajstić information content (AvgIpc) is 2.61. The molecule has 1 aliphatic carbocycles. The van der Waals surface area contributed by atoms with Gasteiger partial charge in [-0.1, -0.05) is 0 Å². The topological polar surface area (TPSA) is 75.6 Å². The molecule has 6 nitrogen and oxygen atoms in total. The molecule has 3 rings (SSSR count). The van der Waals surface area contributed by atoms with Crippen LogP contribution >= 0.6 is 12.2 Å². The number of nitrogens with one attached hydrogen (secondary N) is 2. The molecule has 1 fully saturated rings. The Balaban J connectivity index is 1.54. The number of hydrogen-bond acceptors (Lipinski definition) is 6. The van der Waals surface area contributed by atoms with Crippen molar-refractivity contribution in [1.82, 2.24) is 10.3 Å². The second-order valence-electron chi connectivity index (χ2n) is 5.80. The first-order chi connectivity index (χ1) is 12.2. The zero-order chi connectivity index (χ0) is 17.6. The van der Waals surface area contributed by atoms with Crippen LogP contribution in [0.3, 0.4) is 0 Å². The van der Waals surface area contributed by atoms with E-state index in [1.165, 1.54) is 0 Å². The number of nitrogens with zero attached hydrogens (tertiary/aromatic N) is 2. The van der Waals surface area contributed by atoms with Crippen LogP contribution in [0, 0.1) is 0 Å². The second kappa shape index (κ2) is 7.88. The van der Waals surface area contributed by atoms with Crippen LogP contribution in [0.15, 0.2) is 47.6 Å². The lowest BCUT2D eigenvalue weighted by Gasteiger charge is -2.32. The summed E-state index contributed by atoms with van der Waals surface area (Å²) in [7, 11) is 1.63. The van der Waals surface area contributed by atoms with Crippen LogP contribution in [0.4, 0.5) is 11.4 Å². The van der Waals surface area contributed by atoms with Crippen molar-refractivity contribution in [1.29, 1.82) is 0 Å². The van der Waals surface area contributed by atoms with Gasteiger partial charge >= 0.3 is 0 Å². The molecule has 25 heavy (non-hydrogen) atoms. The van der Waals surface area contributed by atoms with Crippen LogP contribution in [0.1, 0.15) is 23.3 Å². The van der Waals surface area contributed by atoms with Gasteiger partial charge in [-0.2, -0.15) is 0 Å². The highest BCUT2D eigenvalue weighted by Gasteiger charge is 2.30. The van der Waals surface area contributed by atoms with E-state index < -0.39 is 0 Å². The normalized spacial score (nSPS) is 18.4. The van der Waals surface area contributed by atoms with E-state index in [0.717, 1.165) is 30.0 Å². The highest BCUT2D eigenvalue weighted by Crippen LogP contribution is 2.23. The summed E-state index contributed by atoms with van der Waals surface area (Å²) in [5.41, 5.74) is 2.11. The maximum absolute atomic E-state index is 12.2. The van der Waals surface area contributed by atoms with Gasteiger partial charge in [0.25, 0.3) is 5.91 Å². The lowest BCUT2D eigenvalue weighted by atomic mass is 9.87. The van der Waals surface area contributed by atoms with E-state index >= 15 is 0 Å². The quantitative estimate of drug-likeness (QED) is 0.615. The Morgan fingerprint density at radius 1 is 1.24 bits per heavy atom. The largest absolute Gasteiger partial charge is 0.497 e. The third-order valence-electron chi connectivity index (χ3n) is 4.06. The Bertz CT molecular complexity index is 780. The molecule has 0 atom stereocenters. The van der Waals surface area contributed by atoms with E-state index in [1.54, 1.807) is 19.4 Å². The number of amides is 1. The minimum absolute atomic E-state index is 0.128. The minimum Gasteiger partial charge on any atom is -0.497 e. The van der Waals surface area contributed by atoms with Crippen LogP contribution in [-0.4, -0.2) is 35.2 Å². The van der Waals surface area contributed by atoms with Crippen molar-refractivity contribution in [3.63, 3.8) is 0 Å². The Kier molecular flexibility index (Phi) is 5.38. The number of ether oxygens (including phenoxy) is 1. The first-order valence-electron chi connectivity index (χ1n) is 7.93. The molecular weight excluding hydrogens is 336 g/mol. The van der Waals surface area contributed by atoms with Gasteiger partial charge in [-0.3, -0.25) is 4.79 Å². The smallest absolute Gasteiger partial charge is 0.270 e. The molecule has 0 bridgehead atoms. The number of carbonyl (C=O) groups excluding carboxylic acids is 1. The van der Waals surface area contributed by atoms with Gasteiger partial charge in [0.2, 0.25) is 0 Å². The van der Waals surface area contributed by atoms with E-state index in [9.17, 15) is 4.79 Å². The number of hydrogen-bond donors (Lipinski definition) is 2. The Labute approximate surface area is 151 Å². The first-order valence-corrected chi connectivity index (χ1v) is 8.33. The van der Waals surface area contributed by atoms with Crippen LogP contribution in [0.5, 0.6) is 5.75 Å². The third-order valence-corrected chi connectivity index (χ3v) is 4.16. The summed E-state index contributed by atoms with van der Waals surface area (Å²) in [4.78, 5) is 20.4. The number of thiocarbonyl (C=S) groups is 1. The predicted molar refractivity (Wildman–Crippen MR) is 99.8 cm³/mol. The van der Waals surface area contributed by atoms with E-state index in [2.05, 4.69) is 38.0 Å². The summed E-state index contributed by atoms with van der Waals surface area (Å²) >= 11 is 4.58. The lowest BCUT2D eigenvalue weighted by molar-refractivity contribution is 0.0905. The van der Waals surface area contributed by atoms with Crippen LogP contribution in [0.25, 0.3) is 0 Å². The summed E-state index contributed by atoms with van der Waals surface area (Å²) in [5, 5.41) is 8.55. The molecule has 1 amide bonds. The SMILES string of the molecule is COc1ccc(Nc2ccc(C(=O)NC3CC(N=C=S)C3)nc2)cc1. The average molecular weight is 354 g/mol. The summed E-state index contributed by atoms with van der Waals surface area (Å²) < 4.78 is 5.13. The van der Waals surface area contributed by atoms with Gasteiger partial charge in [-0.05, 0) is 61.5 Å². The molecule has 7 heteroatoms. The van der Waals surface area contributed by atoms with E-state index in [0.29, 0.717) is 5.69 Å². The molecule has 0 spiro atoms. The highest BCUT2D eigenvalue weighted by molar-refractivity contribution is 7.78. The van der Waals surface area contributed by atoms with Crippen LogP contribution < -0.4 is 15.4 Å². The molecule has 0 saturated heterocycles. The fourth-order valence-electron chi connectivity index (χ4n) is 2.59. The Morgan fingerprint density at radius 3 is 2.56 bits per heavy atom. The van der Waals surface area contributed by atoms with Crippen molar-refractivity contribution in [2.24, 2.45) is 4.99 Å². The van der Waals surface area contributed by atoms with Gasteiger partial charge in [0.1, 0.15) is 11.4 Å². The molecule has 1 aliphatic rings. The summed E-state index contributed by atoms with van der Waals surface area (Å²) in [6, 6.07) is 11.4. The number of benzene rings is 1. The molecular formula is C18H18N4O2S. The maximum atomic E-state index is 12.2. The second-order valence-corrected chi connectivity index (χ2v) is 5.98. The number of aliphatic imine (C=N–C) groups is 1. The lowest BCUT2D eigenvalue weighted by Crippen LogP contribution is -2.46. The fourth-order valence-corrected chi connectivity index (χ4v) is 2.74. The zero-order valence-corrected chi connectivity index (χ0v) is 14.5. The van der Waals surface area contributed by atoms with Crippen LogP contribution in [-0.2, 0) is 0 Å².